The molecule has 1 aromatic rings. The number of hydrogen-bond acceptors (Lipinski definition) is 8. The van der Waals surface area contributed by atoms with Gasteiger partial charge in [0.15, 0.2) is 11.4 Å². The lowest BCUT2D eigenvalue weighted by Crippen LogP contribution is -2.62. The van der Waals surface area contributed by atoms with E-state index < -0.39 is 64.3 Å². The molecule has 9 nitrogen and oxygen atoms in total. The van der Waals surface area contributed by atoms with E-state index in [0.29, 0.717) is 17.9 Å². The Morgan fingerprint density at radius 2 is 1.77 bits per heavy atom. The number of amides is 1. The molecule has 5 rings (SSSR count). The summed E-state index contributed by atoms with van der Waals surface area (Å²) in [5.74, 6) is -7.83. The van der Waals surface area contributed by atoms with Crippen molar-refractivity contribution in [2.75, 3.05) is 0 Å². The van der Waals surface area contributed by atoms with Gasteiger partial charge in [0.25, 0.3) is 5.91 Å². The van der Waals surface area contributed by atoms with Crippen LogP contribution in [-0.4, -0.2) is 49.3 Å². The van der Waals surface area contributed by atoms with Gasteiger partial charge in [-0.1, -0.05) is 44.7 Å². The van der Waals surface area contributed by atoms with Crippen molar-refractivity contribution in [1.29, 1.82) is 0 Å². The van der Waals surface area contributed by atoms with Gasteiger partial charge in [0, 0.05) is 36.7 Å². The topological polar surface area (TPSA) is 175 Å². The number of benzene rings is 1. The maximum Gasteiger partial charge on any atom is 0.255 e. The summed E-state index contributed by atoms with van der Waals surface area (Å²) in [7, 11) is 0. The number of carbonyl (C=O) groups excluding carboxylic acids is 4. The minimum atomic E-state index is -2.73. The van der Waals surface area contributed by atoms with Crippen molar-refractivity contribution in [1.82, 2.24) is 0 Å². The Morgan fingerprint density at radius 3 is 2.41 bits per heavy atom. The highest BCUT2D eigenvalue weighted by molar-refractivity contribution is 6.23. The average molecular weight is 538 g/mol. The lowest BCUT2D eigenvalue weighted by atomic mass is 9.51. The molecule has 0 bridgehead atoms. The molecule has 2 saturated carbocycles. The normalized spacial score (nSPS) is 30.7. The van der Waals surface area contributed by atoms with Crippen LogP contribution in [0.3, 0.4) is 0 Å². The second-order valence-electron chi connectivity index (χ2n) is 11.5. The van der Waals surface area contributed by atoms with Gasteiger partial charge in [0.1, 0.15) is 28.6 Å². The summed E-state index contributed by atoms with van der Waals surface area (Å²) < 4.78 is 0. The van der Waals surface area contributed by atoms with E-state index in [-0.39, 0.29) is 41.4 Å². The lowest BCUT2D eigenvalue weighted by Gasteiger charge is -2.53. The number of nitrogens with two attached hydrogens (primary N) is 1. The lowest BCUT2D eigenvalue weighted by molar-refractivity contribution is -0.155. The molecule has 0 unspecified atom stereocenters. The first-order valence-corrected chi connectivity index (χ1v) is 13.8. The highest BCUT2D eigenvalue weighted by Gasteiger charge is 2.65. The minimum Gasteiger partial charge on any atom is -0.508 e. The molecule has 0 aromatic heterocycles. The molecule has 0 heterocycles. The number of rotatable bonds is 7. The maximum absolute atomic E-state index is 14.1. The first-order chi connectivity index (χ1) is 18.5. The molecule has 4 aliphatic carbocycles. The fourth-order valence-corrected chi connectivity index (χ4v) is 7.70. The van der Waals surface area contributed by atoms with E-state index in [1.807, 2.05) is 0 Å². The zero-order chi connectivity index (χ0) is 28.2. The molecule has 0 spiro atoms. The molecule has 1 amide bonds. The van der Waals surface area contributed by atoms with Crippen LogP contribution in [0, 0.1) is 23.7 Å². The quantitative estimate of drug-likeness (QED) is 0.328. The van der Waals surface area contributed by atoms with Crippen LogP contribution in [0.2, 0.25) is 0 Å². The van der Waals surface area contributed by atoms with E-state index in [1.54, 1.807) is 19.1 Å². The monoisotopic (exact) mass is 537 g/mol. The minimum absolute atomic E-state index is 0.0848. The molecule has 1 aromatic carbocycles. The van der Waals surface area contributed by atoms with Crippen LogP contribution in [0.5, 0.6) is 5.75 Å². The van der Waals surface area contributed by atoms with Crippen molar-refractivity contribution in [3.63, 3.8) is 0 Å². The molecule has 6 N–H and O–H groups in total. The van der Waals surface area contributed by atoms with Crippen molar-refractivity contribution in [2.24, 2.45) is 29.4 Å². The van der Waals surface area contributed by atoms with Crippen molar-refractivity contribution in [3.8, 4) is 5.75 Å². The summed E-state index contributed by atoms with van der Waals surface area (Å²) >= 11 is 0. The van der Waals surface area contributed by atoms with Crippen LogP contribution in [0.25, 0.3) is 5.76 Å². The predicted molar refractivity (Wildman–Crippen MR) is 140 cm³/mol. The summed E-state index contributed by atoms with van der Waals surface area (Å²) in [5.41, 5.74) is 2.28. The average Bonchev–Trinajstić information content (AvgIpc) is 3.41. The Labute approximate surface area is 226 Å². The second kappa shape index (κ2) is 9.93. The van der Waals surface area contributed by atoms with Crippen LogP contribution in [0.1, 0.15) is 81.8 Å². The van der Waals surface area contributed by atoms with Crippen LogP contribution in [0.4, 0.5) is 0 Å². The Bertz CT molecular complexity index is 1320. The van der Waals surface area contributed by atoms with Gasteiger partial charge in [-0.2, -0.15) is 0 Å². The van der Waals surface area contributed by atoms with Gasteiger partial charge < -0.3 is 26.2 Å². The number of aliphatic hydroxyl groups is 3. The molecule has 208 valence electrons. The zero-order valence-corrected chi connectivity index (χ0v) is 22.0. The third-order valence-electron chi connectivity index (χ3n) is 9.59. The molecule has 0 radical (unpaired) electrons. The van der Waals surface area contributed by atoms with E-state index in [2.05, 4.69) is 0 Å². The summed E-state index contributed by atoms with van der Waals surface area (Å²) in [6.07, 6.45) is 5.58. The Morgan fingerprint density at radius 1 is 1.08 bits per heavy atom. The van der Waals surface area contributed by atoms with E-state index >= 15 is 0 Å². The fraction of sp³-hybridized carbons (Fsp3) is 0.533. The van der Waals surface area contributed by atoms with E-state index in [1.165, 1.54) is 6.07 Å². The van der Waals surface area contributed by atoms with Crippen LogP contribution in [-0.2, 0) is 19.2 Å². The summed E-state index contributed by atoms with van der Waals surface area (Å²) in [4.78, 5) is 52.0. The number of primary amides is 1. The number of aliphatic hydroxyl groups excluding tert-OH is 2. The number of fused-ring (bicyclic) bond motifs is 3. The van der Waals surface area contributed by atoms with Gasteiger partial charge in [-0.25, -0.2) is 0 Å². The molecule has 39 heavy (non-hydrogen) atoms. The number of phenols is 1. The van der Waals surface area contributed by atoms with Crippen molar-refractivity contribution in [3.05, 3.63) is 46.2 Å². The van der Waals surface area contributed by atoms with E-state index in [0.717, 1.165) is 32.1 Å². The molecular weight excluding hydrogens is 502 g/mol. The van der Waals surface area contributed by atoms with Gasteiger partial charge in [0.05, 0.1) is 5.56 Å². The fourth-order valence-electron chi connectivity index (χ4n) is 7.70. The molecule has 5 atom stereocenters. The van der Waals surface area contributed by atoms with Gasteiger partial charge in [-0.3, -0.25) is 19.2 Å². The van der Waals surface area contributed by atoms with Crippen LogP contribution in [0.15, 0.2) is 35.1 Å². The van der Waals surface area contributed by atoms with Crippen molar-refractivity contribution < 1.29 is 39.6 Å². The molecule has 4 aliphatic rings. The Kier molecular flexibility index (Phi) is 6.91. The van der Waals surface area contributed by atoms with Gasteiger partial charge in [0.2, 0.25) is 5.78 Å². The first kappa shape index (κ1) is 27.1. The largest absolute Gasteiger partial charge is 0.508 e. The first-order valence-electron chi connectivity index (χ1n) is 13.8. The number of carbonyl (C=O) groups is 4. The SMILES string of the molecule is CCC(=O)C[C@H]1[C@H]2C(=C(O)c3c(O)cccc3[C@@H]2CCC2CCCC2)C(=O)[C@]2(O)C(O)=C(C(N)=O)C(=O)C[C@H]12. The van der Waals surface area contributed by atoms with Gasteiger partial charge in [-0.15, -0.1) is 0 Å². The van der Waals surface area contributed by atoms with Crippen molar-refractivity contribution >= 4 is 29.0 Å². The number of ketones is 3. The standard InChI is InChI=1S/C30H35NO8/c1-2-15(32)12-18-19-13-21(34)24(29(31)38)27(36)30(19,39)28(37)25-22(18)17(11-10-14-6-3-4-7-14)16-8-5-9-20(33)23(16)26(25)35/h5,8-9,14,17-19,22,33,35-36,39H,2-4,6-7,10-13H2,1H3,(H2,31,38)/t17-,18+,19+,22-,30+/m0/s1. The number of aromatic hydroxyl groups is 1. The Balaban J connectivity index is 1.74. The highest BCUT2D eigenvalue weighted by atomic mass is 16.3. The smallest absolute Gasteiger partial charge is 0.255 e. The number of Topliss-reactive ketones (excluding diaryl/α,β-unsaturated/α-hetero) is 3. The predicted octanol–water partition coefficient (Wildman–Crippen LogP) is 3.53. The Hall–Kier alpha value is -3.46. The zero-order valence-electron chi connectivity index (χ0n) is 22.0. The highest BCUT2D eigenvalue weighted by Crippen LogP contribution is 2.60. The molecular formula is C30H35NO8. The summed E-state index contributed by atoms with van der Waals surface area (Å²) in [5, 5.41) is 45.1. The molecule has 2 fully saturated rings. The number of phenolic OH excluding ortho intramolecular Hbond substituents is 1. The summed E-state index contributed by atoms with van der Waals surface area (Å²) in [6.45, 7) is 1.69. The third-order valence-corrected chi connectivity index (χ3v) is 9.59. The number of hydrogen-bond donors (Lipinski definition) is 5. The molecule has 9 heteroatoms. The summed E-state index contributed by atoms with van der Waals surface area (Å²) in [6, 6.07) is 4.86. The maximum atomic E-state index is 14.1. The van der Waals surface area contributed by atoms with E-state index in [9.17, 15) is 39.6 Å². The van der Waals surface area contributed by atoms with Gasteiger partial charge in [-0.05, 0) is 42.2 Å². The third kappa shape index (κ3) is 4.09. The molecule has 0 aliphatic heterocycles. The second-order valence-corrected chi connectivity index (χ2v) is 11.5. The molecule has 0 saturated heterocycles. The van der Waals surface area contributed by atoms with Gasteiger partial charge >= 0.3 is 0 Å². The van der Waals surface area contributed by atoms with Crippen molar-refractivity contribution in [2.45, 2.75) is 76.2 Å². The van der Waals surface area contributed by atoms with Crippen LogP contribution >= 0.6 is 0 Å². The van der Waals surface area contributed by atoms with Crippen LogP contribution < -0.4 is 5.73 Å². The van der Waals surface area contributed by atoms with E-state index in [4.69, 9.17) is 5.73 Å².